The van der Waals surface area contributed by atoms with Crippen molar-refractivity contribution >= 4 is 0 Å². The van der Waals surface area contributed by atoms with Crippen molar-refractivity contribution in [2.24, 2.45) is 0 Å². The van der Waals surface area contributed by atoms with E-state index < -0.39 is 0 Å². The Kier molecular flexibility index (Phi) is 4.92. The second-order valence-corrected chi connectivity index (χ2v) is 4.52. The standard InChI is InChI=1S/C14H19N3O2/c1-11(15-9-14-16-10-19-17-14)3-4-12-5-7-13(18-2)8-6-12/h5-8,10-11,15H,3-4,9H2,1-2H3. The molecule has 1 aromatic carbocycles. The zero-order chi connectivity index (χ0) is 13.5. The second kappa shape index (κ2) is 6.89. The maximum atomic E-state index is 5.14. The molecule has 0 saturated heterocycles. The van der Waals surface area contributed by atoms with Gasteiger partial charge in [-0.15, -0.1) is 0 Å². The van der Waals surface area contributed by atoms with E-state index in [-0.39, 0.29) is 0 Å². The van der Waals surface area contributed by atoms with Crippen LogP contribution in [0.25, 0.3) is 0 Å². The van der Waals surface area contributed by atoms with Gasteiger partial charge in [0.2, 0.25) is 6.39 Å². The molecule has 1 unspecified atom stereocenters. The van der Waals surface area contributed by atoms with Gasteiger partial charge in [-0.1, -0.05) is 17.3 Å². The van der Waals surface area contributed by atoms with Crippen molar-refractivity contribution in [1.29, 1.82) is 0 Å². The van der Waals surface area contributed by atoms with Crippen LogP contribution in [0.1, 0.15) is 24.7 Å². The first-order chi connectivity index (χ1) is 9.28. The lowest BCUT2D eigenvalue weighted by Gasteiger charge is -2.12. The van der Waals surface area contributed by atoms with Gasteiger partial charge in [-0.25, -0.2) is 0 Å². The number of benzene rings is 1. The number of aromatic nitrogens is 2. The average molecular weight is 261 g/mol. The Morgan fingerprint density at radius 2 is 2.11 bits per heavy atom. The van der Waals surface area contributed by atoms with Crippen LogP contribution in [0.3, 0.4) is 0 Å². The Labute approximate surface area is 113 Å². The van der Waals surface area contributed by atoms with Crippen molar-refractivity contribution < 1.29 is 9.26 Å². The number of nitrogens with one attached hydrogen (secondary N) is 1. The molecule has 0 radical (unpaired) electrons. The van der Waals surface area contributed by atoms with E-state index in [9.17, 15) is 0 Å². The zero-order valence-electron chi connectivity index (χ0n) is 11.3. The Balaban J connectivity index is 1.71. The third-order valence-corrected chi connectivity index (χ3v) is 3.04. The Morgan fingerprint density at radius 1 is 1.32 bits per heavy atom. The van der Waals surface area contributed by atoms with Crippen molar-refractivity contribution in [3.05, 3.63) is 42.0 Å². The summed E-state index contributed by atoms with van der Waals surface area (Å²) in [5.41, 5.74) is 1.31. The summed E-state index contributed by atoms with van der Waals surface area (Å²) in [7, 11) is 1.68. The molecule has 0 aliphatic heterocycles. The maximum absolute atomic E-state index is 5.14. The van der Waals surface area contributed by atoms with Crippen LogP contribution >= 0.6 is 0 Å². The summed E-state index contributed by atoms with van der Waals surface area (Å²) in [6, 6.07) is 8.59. The first-order valence-electron chi connectivity index (χ1n) is 6.39. The Hall–Kier alpha value is -1.88. The molecule has 0 aliphatic rings. The van der Waals surface area contributed by atoms with Crippen molar-refractivity contribution in [2.45, 2.75) is 32.4 Å². The Morgan fingerprint density at radius 3 is 2.74 bits per heavy atom. The minimum Gasteiger partial charge on any atom is -0.497 e. The highest BCUT2D eigenvalue weighted by atomic mass is 16.5. The van der Waals surface area contributed by atoms with Crippen LogP contribution < -0.4 is 10.1 Å². The van der Waals surface area contributed by atoms with Gasteiger partial charge in [0.15, 0.2) is 5.82 Å². The first-order valence-corrected chi connectivity index (χ1v) is 6.39. The van der Waals surface area contributed by atoms with Crippen LogP contribution in [0.5, 0.6) is 5.75 Å². The first kappa shape index (κ1) is 13.5. The normalized spacial score (nSPS) is 12.3. The van der Waals surface area contributed by atoms with Gasteiger partial charge in [0.1, 0.15) is 5.75 Å². The lowest BCUT2D eigenvalue weighted by atomic mass is 10.1. The fourth-order valence-corrected chi connectivity index (χ4v) is 1.81. The van der Waals surface area contributed by atoms with Crippen LogP contribution in [-0.4, -0.2) is 23.3 Å². The molecule has 1 N–H and O–H groups in total. The lowest BCUT2D eigenvalue weighted by molar-refractivity contribution is 0.403. The molecular formula is C14H19N3O2. The van der Waals surface area contributed by atoms with E-state index in [4.69, 9.17) is 4.74 Å². The predicted molar refractivity (Wildman–Crippen MR) is 71.9 cm³/mol. The van der Waals surface area contributed by atoms with Crippen molar-refractivity contribution in [3.8, 4) is 5.75 Å². The number of methoxy groups -OCH3 is 1. The summed E-state index contributed by atoms with van der Waals surface area (Å²) in [5.74, 6) is 1.59. The van der Waals surface area contributed by atoms with Crippen molar-refractivity contribution in [2.75, 3.05) is 7.11 Å². The van der Waals surface area contributed by atoms with Gasteiger partial charge >= 0.3 is 0 Å². The topological polar surface area (TPSA) is 60.2 Å². The number of rotatable bonds is 7. The fraction of sp³-hybridized carbons (Fsp3) is 0.429. The minimum atomic E-state index is 0.403. The average Bonchev–Trinajstić information content (AvgIpc) is 2.96. The molecule has 102 valence electrons. The van der Waals surface area contributed by atoms with Crippen LogP contribution in [0.4, 0.5) is 0 Å². The van der Waals surface area contributed by atoms with E-state index in [1.54, 1.807) is 7.11 Å². The highest BCUT2D eigenvalue weighted by Crippen LogP contribution is 2.13. The van der Waals surface area contributed by atoms with Gasteiger partial charge < -0.3 is 14.6 Å². The van der Waals surface area contributed by atoms with E-state index in [0.29, 0.717) is 18.4 Å². The molecule has 0 fully saturated rings. The molecule has 1 heterocycles. The molecule has 2 rings (SSSR count). The van der Waals surface area contributed by atoms with E-state index in [1.807, 2.05) is 12.1 Å². The minimum absolute atomic E-state index is 0.403. The molecule has 2 aromatic rings. The summed E-state index contributed by atoms with van der Waals surface area (Å²) in [4.78, 5) is 3.97. The van der Waals surface area contributed by atoms with Gasteiger partial charge in [0.25, 0.3) is 0 Å². The summed E-state index contributed by atoms with van der Waals surface area (Å²) in [6.45, 7) is 2.80. The fourth-order valence-electron chi connectivity index (χ4n) is 1.81. The van der Waals surface area contributed by atoms with E-state index in [0.717, 1.165) is 18.6 Å². The second-order valence-electron chi connectivity index (χ2n) is 4.52. The molecule has 19 heavy (non-hydrogen) atoms. The molecule has 0 spiro atoms. The number of nitrogens with zero attached hydrogens (tertiary/aromatic N) is 2. The molecule has 0 amide bonds. The molecule has 5 nitrogen and oxygen atoms in total. The third-order valence-electron chi connectivity index (χ3n) is 3.04. The van der Waals surface area contributed by atoms with Crippen LogP contribution in [0.2, 0.25) is 0 Å². The lowest BCUT2D eigenvalue weighted by Crippen LogP contribution is -2.26. The largest absolute Gasteiger partial charge is 0.497 e. The van der Waals surface area contributed by atoms with E-state index in [2.05, 4.69) is 39.0 Å². The summed E-state index contributed by atoms with van der Waals surface area (Å²) >= 11 is 0. The van der Waals surface area contributed by atoms with Crippen LogP contribution in [0, 0.1) is 0 Å². The molecule has 0 bridgehead atoms. The molecule has 1 atom stereocenters. The molecule has 0 aliphatic carbocycles. The number of aryl methyl sites for hydroxylation is 1. The molecule has 0 saturated carbocycles. The summed E-state index contributed by atoms with van der Waals surface area (Å²) in [5, 5.41) is 7.13. The smallest absolute Gasteiger partial charge is 0.213 e. The van der Waals surface area contributed by atoms with Gasteiger partial charge in [-0.05, 0) is 37.5 Å². The number of hydrogen-bond acceptors (Lipinski definition) is 5. The quantitative estimate of drug-likeness (QED) is 0.828. The summed E-state index contributed by atoms with van der Waals surface area (Å²) < 4.78 is 9.82. The van der Waals surface area contributed by atoms with E-state index in [1.165, 1.54) is 12.0 Å². The molecule has 5 heteroatoms. The van der Waals surface area contributed by atoms with Gasteiger partial charge in [-0.2, -0.15) is 4.98 Å². The Bertz CT molecular complexity index is 468. The third kappa shape index (κ3) is 4.37. The van der Waals surface area contributed by atoms with Gasteiger partial charge in [-0.3, -0.25) is 0 Å². The van der Waals surface area contributed by atoms with Crippen LogP contribution in [0.15, 0.2) is 35.2 Å². The zero-order valence-corrected chi connectivity index (χ0v) is 11.3. The van der Waals surface area contributed by atoms with Crippen molar-refractivity contribution in [1.82, 2.24) is 15.5 Å². The molecular weight excluding hydrogens is 242 g/mol. The molecule has 1 aromatic heterocycles. The highest BCUT2D eigenvalue weighted by molar-refractivity contribution is 5.27. The monoisotopic (exact) mass is 261 g/mol. The van der Waals surface area contributed by atoms with Crippen molar-refractivity contribution in [3.63, 3.8) is 0 Å². The maximum Gasteiger partial charge on any atom is 0.213 e. The number of hydrogen-bond donors (Lipinski definition) is 1. The van der Waals surface area contributed by atoms with Gasteiger partial charge in [0.05, 0.1) is 13.7 Å². The number of ether oxygens (including phenoxy) is 1. The van der Waals surface area contributed by atoms with E-state index >= 15 is 0 Å². The predicted octanol–water partition coefficient (Wildman–Crippen LogP) is 2.19. The highest BCUT2D eigenvalue weighted by Gasteiger charge is 2.04. The SMILES string of the molecule is COc1ccc(CCC(C)NCc2ncon2)cc1. The van der Waals surface area contributed by atoms with Gasteiger partial charge in [0, 0.05) is 6.04 Å². The van der Waals surface area contributed by atoms with Crippen LogP contribution in [-0.2, 0) is 13.0 Å². The summed E-state index contributed by atoms with van der Waals surface area (Å²) in [6.07, 6.45) is 3.44.